The Morgan fingerprint density at radius 1 is 1.44 bits per heavy atom. The first-order valence-corrected chi connectivity index (χ1v) is 6.66. The molecule has 1 heterocycles. The number of rotatable bonds is 5. The van der Waals surface area contributed by atoms with E-state index in [2.05, 4.69) is 17.6 Å². The lowest BCUT2D eigenvalue weighted by molar-refractivity contribution is 0.0527. The molecule has 2 unspecified atom stereocenters. The van der Waals surface area contributed by atoms with E-state index in [0.717, 1.165) is 26.2 Å². The SMILES string of the molecule is CC(NCCNC(=O)OC(C)(C)C)C1CCOC1. The van der Waals surface area contributed by atoms with Gasteiger partial charge in [0.05, 0.1) is 6.61 Å². The highest BCUT2D eigenvalue weighted by atomic mass is 16.6. The summed E-state index contributed by atoms with van der Waals surface area (Å²) in [4.78, 5) is 11.4. The van der Waals surface area contributed by atoms with Crippen LogP contribution >= 0.6 is 0 Å². The minimum absolute atomic E-state index is 0.360. The van der Waals surface area contributed by atoms with Crippen molar-refractivity contribution in [2.24, 2.45) is 5.92 Å². The molecule has 106 valence electrons. The Hall–Kier alpha value is -0.810. The van der Waals surface area contributed by atoms with Crippen molar-refractivity contribution in [3.63, 3.8) is 0 Å². The highest BCUT2D eigenvalue weighted by Crippen LogP contribution is 2.15. The second-order valence-electron chi connectivity index (χ2n) is 5.80. The Morgan fingerprint density at radius 3 is 2.72 bits per heavy atom. The van der Waals surface area contributed by atoms with Crippen molar-refractivity contribution in [1.29, 1.82) is 0 Å². The van der Waals surface area contributed by atoms with Gasteiger partial charge in [-0.1, -0.05) is 0 Å². The van der Waals surface area contributed by atoms with Gasteiger partial charge in [-0.15, -0.1) is 0 Å². The third-order valence-electron chi connectivity index (χ3n) is 2.93. The molecule has 2 N–H and O–H groups in total. The van der Waals surface area contributed by atoms with Gasteiger partial charge in [0.1, 0.15) is 5.60 Å². The summed E-state index contributed by atoms with van der Waals surface area (Å²) < 4.78 is 10.5. The lowest BCUT2D eigenvalue weighted by atomic mass is 10.0. The van der Waals surface area contributed by atoms with E-state index in [1.807, 2.05) is 20.8 Å². The summed E-state index contributed by atoms with van der Waals surface area (Å²) in [5, 5.41) is 6.12. The van der Waals surface area contributed by atoms with Crippen LogP contribution in [-0.4, -0.2) is 44.0 Å². The second kappa shape index (κ2) is 6.95. The highest BCUT2D eigenvalue weighted by molar-refractivity contribution is 5.67. The van der Waals surface area contributed by atoms with Crippen LogP contribution in [0.5, 0.6) is 0 Å². The maximum absolute atomic E-state index is 11.4. The lowest BCUT2D eigenvalue weighted by Gasteiger charge is -2.21. The number of nitrogens with one attached hydrogen (secondary N) is 2. The van der Waals surface area contributed by atoms with Gasteiger partial charge in [-0.3, -0.25) is 0 Å². The Morgan fingerprint density at radius 2 is 2.17 bits per heavy atom. The molecule has 1 fully saturated rings. The molecule has 0 aromatic rings. The molecular formula is C13H26N2O3. The molecule has 1 aliphatic rings. The fourth-order valence-corrected chi connectivity index (χ4v) is 1.89. The summed E-state index contributed by atoms with van der Waals surface area (Å²) in [5.41, 5.74) is -0.439. The summed E-state index contributed by atoms with van der Waals surface area (Å²) in [6.45, 7) is 10.8. The van der Waals surface area contributed by atoms with Crippen LogP contribution in [0.4, 0.5) is 4.79 Å². The molecule has 1 rings (SSSR count). The third kappa shape index (κ3) is 6.21. The number of ether oxygens (including phenoxy) is 2. The Kier molecular flexibility index (Phi) is 5.88. The predicted octanol–water partition coefficient (Wildman–Crippen LogP) is 1.53. The summed E-state index contributed by atoms with van der Waals surface area (Å²) in [6, 6.07) is 0.424. The molecule has 1 aliphatic heterocycles. The molecule has 0 radical (unpaired) electrons. The highest BCUT2D eigenvalue weighted by Gasteiger charge is 2.21. The summed E-state index contributed by atoms with van der Waals surface area (Å²) in [7, 11) is 0. The predicted molar refractivity (Wildman–Crippen MR) is 70.6 cm³/mol. The number of carbonyl (C=O) groups excluding carboxylic acids is 1. The van der Waals surface area contributed by atoms with Gasteiger partial charge >= 0.3 is 6.09 Å². The van der Waals surface area contributed by atoms with E-state index < -0.39 is 5.60 Å². The van der Waals surface area contributed by atoms with Crippen LogP contribution in [0.25, 0.3) is 0 Å². The number of amides is 1. The van der Waals surface area contributed by atoms with E-state index in [1.54, 1.807) is 0 Å². The summed E-state index contributed by atoms with van der Waals surface area (Å²) >= 11 is 0. The second-order valence-corrected chi connectivity index (χ2v) is 5.80. The van der Waals surface area contributed by atoms with Crippen molar-refractivity contribution in [3.8, 4) is 0 Å². The molecule has 0 saturated carbocycles. The van der Waals surface area contributed by atoms with Crippen molar-refractivity contribution in [3.05, 3.63) is 0 Å². The average molecular weight is 258 g/mol. The zero-order valence-electron chi connectivity index (χ0n) is 11.9. The van der Waals surface area contributed by atoms with E-state index in [0.29, 0.717) is 18.5 Å². The molecule has 5 heteroatoms. The van der Waals surface area contributed by atoms with Gasteiger partial charge in [0.25, 0.3) is 0 Å². The molecule has 2 atom stereocenters. The zero-order chi connectivity index (χ0) is 13.6. The van der Waals surface area contributed by atoms with Gasteiger partial charge in [-0.25, -0.2) is 4.79 Å². The minimum Gasteiger partial charge on any atom is -0.444 e. The molecule has 0 aromatic heterocycles. The quantitative estimate of drug-likeness (QED) is 0.734. The van der Waals surface area contributed by atoms with Gasteiger partial charge < -0.3 is 20.1 Å². The van der Waals surface area contributed by atoms with Gasteiger partial charge in [-0.05, 0) is 40.0 Å². The zero-order valence-corrected chi connectivity index (χ0v) is 11.9. The van der Waals surface area contributed by atoms with Gasteiger partial charge in [0.15, 0.2) is 0 Å². The van der Waals surface area contributed by atoms with E-state index in [-0.39, 0.29) is 6.09 Å². The Bertz CT molecular complexity index is 257. The maximum atomic E-state index is 11.4. The molecule has 18 heavy (non-hydrogen) atoms. The van der Waals surface area contributed by atoms with Crippen molar-refractivity contribution < 1.29 is 14.3 Å². The van der Waals surface area contributed by atoms with E-state index >= 15 is 0 Å². The minimum atomic E-state index is -0.439. The smallest absolute Gasteiger partial charge is 0.407 e. The molecule has 5 nitrogen and oxygen atoms in total. The molecule has 1 saturated heterocycles. The summed E-state index contributed by atoms with van der Waals surface area (Å²) in [5.74, 6) is 0.589. The molecular weight excluding hydrogens is 232 g/mol. The van der Waals surface area contributed by atoms with Gasteiger partial charge in [-0.2, -0.15) is 0 Å². The van der Waals surface area contributed by atoms with E-state index in [4.69, 9.17) is 9.47 Å². The topological polar surface area (TPSA) is 59.6 Å². The van der Waals surface area contributed by atoms with Crippen molar-refractivity contribution >= 4 is 6.09 Å². The normalized spacial score (nSPS) is 21.7. The van der Waals surface area contributed by atoms with Crippen LogP contribution in [0, 0.1) is 5.92 Å². The van der Waals surface area contributed by atoms with Gasteiger partial charge in [0, 0.05) is 25.7 Å². The maximum Gasteiger partial charge on any atom is 0.407 e. The van der Waals surface area contributed by atoms with Crippen LogP contribution in [-0.2, 0) is 9.47 Å². The van der Waals surface area contributed by atoms with Crippen molar-refractivity contribution in [1.82, 2.24) is 10.6 Å². The van der Waals surface area contributed by atoms with E-state index in [9.17, 15) is 4.79 Å². The Labute approximate surface area is 110 Å². The first kappa shape index (κ1) is 15.2. The van der Waals surface area contributed by atoms with Gasteiger partial charge in [0.2, 0.25) is 0 Å². The molecule has 0 spiro atoms. The van der Waals surface area contributed by atoms with Crippen LogP contribution in [0.2, 0.25) is 0 Å². The van der Waals surface area contributed by atoms with Crippen molar-refractivity contribution in [2.75, 3.05) is 26.3 Å². The van der Waals surface area contributed by atoms with Crippen LogP contribution in [0.15, 0.2) is 0 Å². The van der Waals surface area contributed by atoms with Crippen molar-refractivity contribution in [2.45, 2.75) is 45.8 Å². The Balaban J connectivity index is 2.05. The molecule has 0 aliphatic carbocycles. The number of hydrogen-bond acceptors (Lipinski definition) is 4. The van der Waals surface area contributed by atoms with E-state index in [1.165, 1.54) is 0 Å². The molecule has 1 amide bonds. The van der Waals surface area contributed by atoms with Crippen LogP contribution in [0.3, 0.4) is 0 Å². The first-order chi connectivity index (χ1) is 8.38. The molecule has 0 aromatic carbocycles. The summed E-state index contributed by atoms with van der Waals surface area (Å²) in [6.07, 6.45) is 0.759. The number of hydrogen-bond donors (Lipinski definition) is 2. The monoisotopic (exact) mass is 258 g/mol. The first-order valence-electron chi connectivity index (χ1n) is 6.66. The largest absolute Gasteiger partial charge is 0.444 e. The standard InChI is InChI=1S/C13H26N2O3/c1-10(11-5-8-17-9-11)14-6-7-15-12(16)18-13(2,3)4/h10-11,14H,5-9H2,1-4H3,(H,15,16). The third-order valence-corrected chi connectivity index (χ3v) is 2.93. The van der Waals surface area contributed by atoms with Crippen LogP contribution < -0.4 is 10.6 Å². The number of alkyl carbamates (subject to hydrolysis) is 1. The number of carbonyl (C=O) groups is 1. The average Bonchev–Trinajstić information content (AvgIpc) is 2.74. The molecule has 0 bridgehead atoms. The lowest BCUT2D eigenvalue weighted by Crippen LogP contribution is -2.40. The fraction of sp³-hybridized carbons (Fsp3) is 0.923. The fourth-order valence-electron chi connectivity index (χ4n) is 1.89. The van der Waals surface area contributed by atoms with Crippen LogP contribution in [0.1, 0.15) is 34.1 Å².